The van der Waals surface area contributed by atoms with Crippen molar-refractivity contribution in [3.8, 4) is 0 Å². The highest BCUT2D eigenvalue weighted by Crippen LogP contribution is 2.31. The monoisotopic (exact) mass is 407 g/mol. The number of aromatic nitrogens is 1. The highest BCUT2D eigenvalue weighted by Gasteiger charge is 2.18. The quantitative estimate of drug-likeness (QED) is 0.379. The molecule has 6 heteroatoms. The van der Waals surface area contributed by atoms with Crippen molar-refractivity contribution in [3.63, 3.8) is 0 Å². The molecule has 1 heterocycles. The summed E-state index contributed by atoms with van der Waals surface area (Å²) in [6, 6.07) is 12.4. The van der Waals surface area contributed by atoms with E-state index in [0.29, 0.717) is 35.1 Å². The van der Waals surface area contributed by atoms with Gasteiger partial charge in [-0.1, -0.05) is 38.5 Å². The molecule has 1 amide bonds. The van der Waals surface area contributed by atoms with Gasteiger partial charge in [-0.3, -0.25) is 14.6 Å². The van der Waals surface area contributed by atoms with Crippen LogP contribution in [0.5, 0.6) is 0 Å². The van der Waals surface area contributed by atoms with Crippen molar-refractivity contribution in [2.75, 3.05) is 11.9 Å². The first kappa shape index (κ1) is 21.4. The first-order chi connectivity index (χ1) is 14.5. The second-order valence-electron chi connectivity index (χ2n) is 7.16. The summed E-state index contributed by atoms with van der Waals surface area (Å²) in [6.07, 6.45) is 3.59. The highest BCUT2D eigenvalue weighted by atomic mass is 19.1. The highest BCUT2D eigenvalue weighted by molar-refractivity contribution is 6.09. The lowest BCUT2D eigenvalue weighted by Gasteiger charge is -2.15. The average Bonchev–Trinajstić information content (AvgIpc) is 2.75. The third-order valence-electron chi connectivity index (χ3n) is 4.90. The molecule has 0 aliphatic carbocycles. The number of pyridine rings is 1. The Hall–Kier alpha value is -3.28. The van der Waals surface area contributed by atoms with Crippen molar-refractivity contribution in [1.82, 2.24) is 10.3 Å². The number of halogens is 1. The number of unbranched alkanes of at least 4 members (excludes halogenated alkanes) is 1. The van der Waals surface area contributed by atoms with Crippen LogP contribution in [0.25, 0.3) is 10.9 Å². The van der Waals surface area contributed by atoms with E-state index in [-0.39, 0.29) is 23.7 Å². The summed E-state index contributed by atoms with van der Waals surface area (Å²) < 4.78 is 14.6. The number of anilines is 2. The second kappa shape index (κ2) is 9.96. The van der Waals surface area contributed by atoms with E-state index in [0.717, 1.165) is 18.5 Å². The standard InChI is InChI=1S/C24H26FN3O2/c1-3-5-11-26-23(30)13-16-12-18-21(14-20(16)25)27-15-19(22(29)4-2)24(18)28-17-9-7-6-8-10-17/h6-10,12,14-15H,3-5,11,13H2,1-2H3,(H,26,30)(H,27,28). The van der Waals surface area contributed by atoms with Gasteiger partial charge in [0.1, 0.15) is 5.82 Å². The van der Waals surface area contributed by atoms with E-state index >= 15 is 0 Å². The molecule has 0 spiro atoms. The molecule has 0 fully saturated rings. The minimum Gasteiger partial charge on any atom is -0.356 e. The number of Topliss-reactive ketones (excluding diaryl/α,β-unsaturated/α-hetero) is 1. The lowest BCUT2D eigenvalue weighted by molar-refractivity contribution is -0.120. The number of carbonyl (C=O) groups excluding carboxylic acids is 2. The number of amides is 1. The van der Waals surface area contributed by atoms with Gasteiger partial charge in [0.25, 0.3) is 0 Å². The first-order valence-electron chi connectivity index (χ1n) is 10.3. The number of nitrogens with one attached hydrogen (secondary N) is 2. The average molecular weight is 407 g/mol. The summed E-state index contributed by atoms with van der Waals surface area (Å²) in [5.74, 6) is -0.778. The van der Waals surface area contributed by atoms with E-state index in [4.69, 9.17) is 0 Å². The third-order valence-corrected chi connectivity index (χ3v) is 4.90. The maximum Gasteiger partial charge on any atom is 0.224 e. The van der Waals surface area contributed by atoms with E-state index in [1.165, 1.54) is 12.3 Å². The number of hydrogen-bond acceptors (Lipinski definition) is 4. The van der Waals surface area contributed by atoms with Gasteiger partial charge in [0.05, 0.1) is 23.2 Å². The van der Waals surface area contributed by atoms with E-state index in [2.05, 4.69) is 15.6 Å². The Labute approximate surface area is 175 Å². The molecule has 0 unspecified atom stereocenters. The fourth-order valence-electron chi connectivity index (χ4n) is 3.24. The van der Waals surface area contributed by atoms with E-state index in [1.807, 2.05) is 37.3 Å². The summed E-state index contributed by atoms with van der Waals surface area (Å²) in [6.45, 7) is 4.40. The van der Waals surface area contributed by atoms with Crippen molar-refractivity contribution < 1.29 is 14.0 Å². The van der Waals surface area contributed by atoms with Gasteiger partial charge in [-0.25, -0.2) is 4.39 Å². The van der Waals surface area contributed by atoms with Crippen molar-refractivity contribution in [2.24, 2.45) is 0 Å². The second-order valence-corrected chi connectivity index (χ2v) is 7.16. The van der Waals surface area contributed by atoms with Crippen LogP contribution in [0.2, 0.25) is 0 Å². The molecule has 0 bridgehead atoms. The predicted octanol–water partition coefficient (Wildman–Crippen LogP) is 5.17. The Morgan fingerprint density at radius 2 is 1.87 bits per heavy atom. The minimum atomic E-state index is -0.485. The topological polar surface area (TPSA) is 71.1 Å². The Morgan fingerprint density at radius 1 is 1.10 bits per heavy atom. The number of hydrogen-bond donors (Lipinski definition) is 2. The summed E-state index contributed by atoms with van der Waals surface area (Å²) in [5, 5.41) is 6.71. The molecule has 5 nitrogen and oxygen atoms in total. The first-order valence-corrected chi connectivity index (χ1v) is 10.3. The Balaban J connectivity index is 2.04. The van der Waals surface area contributed by atoms with Crippen LogP contribution in [0, 0.1) is 5.82 Å². The molecule has 0 saturated carbocycles. The molecule has 0 aliphatic rings. The maximum absolute atomic E-state index is 14.6. The molecule has 0 saturated heterocycles. The van der Waals surface area contributed by atoms with Gasteiger partial charge in [0.15, 0.2) is 5.78 Å². The molecule has 3 rings (SSSR count). The van der Waals surface area contributed by atoms with E-state index in [9.17, 15) is 14.0 Å². The lowest BCUT2D eigenvalue weighted by Crippen LogP contribution is -2.26. The van der Waals surface area contributed by atoms with Crippen LogP contribution in [0.3, 0.4) is 0 Å². The molecule has 0 atom stereocenters. The third kappa shape index (κ3) is 5.00. The molecule has 0 radical (unpaired) electrons. The summed E-state index contributed by atoms with van der Waals surface area (Å²) in [5.41, 5.74) is 2.52. The molecular formula is C24H26FN3O2. The molecule has 30 heavy (non-hydrogen) atoms. The zero-order valence-corrected chi connectivity index (χ0v) is 17.3. The van der Waals surface area contributed by atoms with Gasteiger partial charge < -0.3 is 10.6 Å². The van der Waals surface area contributed by atoms with Gasteiger partial charge in [-0.2, -0.15) is 0 Å². The zero-order chi connectivity index (χ0) is 21.5. The SMILES string of the molecule is CCCCNC(=O)Cc1cc2c(Nc3ccccc3)c(C(=O)CC)cnc2cc1F. The normalized spacial score (nSPS) is 10.8. The molecule has 3 aromatic rings. The van der Waals surface area contributed by atoms with E-state index in [1.54, 1.807) is 13.0 Å². The number of para-hydroxylation sites is 1. The van der Waals surface area contributed by atoms with Crippen LogP contribution in [0.15, 0.2) is 48.7 Å². The zero-order valence-electron chi connectivity index (χ0n) is 17.3. The number of benzene rings is 2. The largest absolute Gasteiger partial charge is 0.356 e. The summed E-state index contributed by atoms with van der Waals surface area (Å²) in [7, 11) is 0. The van der Waals surface area contributed by atoms with Gasteiger partial charge >= 0.3 is 0 Å². The van der Waals surface area contributed by atoms with Crippen LogP contribution in [0.1, 0.15) is 49.0 Å². The molecule has 156 valence electrons. The number of fused-ring (bicyclic) bond motifs is 1. The Bertz CT molecular complexity index is 1050. The van der Waals surface area contributed by atoms with Crippen molar-refractivity contribution >= 4 is 34.0 Å². The number of nitrogens with zero attached hydrogens (tertiary/aromatic N) is 1. The van der Waals surface area contributed by atoms with Crippen LogP contribution < -0.4 is 10.6 Å². The summed E-state index contributed by atoms with van der Waals surface area (Å²) in [4.78, 5) is 29.0. The van der Waals surface area contributed by atoms with Crippen LogP contribution in [-0.4, -0.2) is 23.2 Å². The van der Waals surface area contributed by atoms with Crippen LogP contribution >= 0.6 is 0 Å². The maximum atomic E-state index is 14.6. The molecular weight excluding hydrogens is 381 g/mol. The fourth-order valence-corrected chi connectivity index (χ4v) is 3.24. The van der Waals surface area contributed by atoms with Crippen LogP contribution in [-0.2, 0) is 11.2 Å². The number of rotatable bonds is 9. The van der Waals surface area contributed by atoms with E-state index < -0.39 is 5.82 Å². The van der Waals surface area contributed by atoms with Gasteiger partial charge in [-0.05, 0) is 30.2 Å². The summed E-state index contributed by atoms with van der Waals surface area (Å²) >= 11 is 0. The predicted molar refractivity (Wildman–Crippen MR) is 118 cm³/mol. The van der Waals surface area contributed by atoms with Crippen molar-refractivity contribution in [3.05, 3.63) is 65.6 Å². The minimum absolute atomic E-state index is 0.0639. The van der Waals surface area contributed by atoms with Gasteiger partial charge in [0.2, 0.25) is 5.91 Å². The molecule has 2 N–H and O–H groups in total. The fraction of sp³-hybridized carbons (Fsp3) is 0.292. The number of carbonyl (C=O) groups is 2. The Morgan fingerprint density at radius 3 is 2.57 bits per heavy atom. The van der Waals surface area contributed by atoms with Crippen molar-refractivity contribution in [2.45, 2.75) is 39.5 Å². The smallest absolute Gasteiger partial charge is 0.224 e. The molecule has 1 aromatic heterocycles. The molecule has 2 aromatic carbocycles. The van der Waals surface area contributed by atoms with Gasteiger partial charge in [-0.15, -0.1) is 0 Å². The van der Waals surface area contributed by atoms with Crippen molar-refractivity contribution in [1.29, 1.82) is 0 Å². The van der Waals surface area contributed by atoms with Gasteiger partial charge in [0, 0.05) is 36.3 Å². The van der Waals surface area contributed by atoms with Crippen LogP contribution in [0.4, 0.5) is 15.8 Å². The molecule has 0 aliphatic heterocycles. The number of ketones is 1. The Kier molecular flexibility index (Phi) is 7.12. The lowest BCUT2D eigenvalue weighted by atomic mass is 10.0.